The van der Waals surface area contributed by atoms with Gasteiger partial charge in [-0.2, -0.15) is 0 Å². The molecule has 1 aliphatic rings. The van der Waals surface area contributed by atoms with E-state index in [-0.39, 0.29) is 12.1 Å². The quantitative estimate of drug-likeness (QED) is 0.736. The summed E-state index contributed by atoms with van der Waals surface area (Å²) in [6.45, 7) is 2.71. The Morgan fingerprint density at radius 3 is 2.64 bits per heavy atom. The third kappa shape index (κ3) is 1.63. The number of rotatable bonds is 3. The zero-order valence-corrected chi connectivity index (χ0v) is 8.05. The maximum absolute atomic E-state index is 10.7. The lowest BCUT2D eigenvalue weighted by molar-refractivity contribution is -0.137. The smallest absolute Gasteiger partial charge is 0.322 e. The zero-order valence-electron chi connectivity index (χ0n) is 8.05. The number of carbonyl (C=O) groups is 1. The number of nitrogens with zero attached hydrogens (tertiary/aromatic N) is 1. The van der Waals surface area contributed by atoms with Gasteiger partial charge in [0.1, 0.15) is 6.04 Å². The van der Waals surface area contributed by atoms with E-state index in [4.69, 9.17) is 5.11 Å². The fraction of sp³-hybridized carbons (Fsp3) is 0.364. The van der Waals surface area contributed by atoms with E-state index in [0.29, 0.717) is 6.54 Å². The van der Waals surface area contributed by atoms with Crippen molar-refractivity contribution < 1.29 is 9.90 Å². The average Bonchev–Trinajstić information content (AvgIpc) is 2.97. The lowest BCUT2D eigenvalue weighted by Gasteiger charge is -2.12. The largest absolute Gasteiger partial charge is 0.480 e. The van der Waals surface area contributed by atoms with Crippen LogP contribution in [0.2, 0.25) is 0 Å². The molecule has 0 spiro atoms. The van der Waals surface area contributed by atoms with Gasteiger partial charge in [-0.1, -0.05) is 30.3 Å². The Morgan fingerprint density at radius 2 is 2.14 bits per heavy atom. The SMILES string of the molecule is CC(c1ccccc1)N1CC1C(=O)O. The molecule has 0 aromatic heterocycles. The fourth-order valence-electron chi connectivity index (χ4n) is 1.72. The fourth-order valence-corrected chi connectivity index (χ4v) is 1.72. The summed E-state index contributed by atoms with van der Waals surface area (Å²) in [5.74, 6) is -0.715. The van der Waals surface area contributed by atoms with Gasteiger partial charge >= 0.3 is 5.97 Å². The van der Waals surface area contributed by atoms with Crippen LogP contribution in [0.5, 0.6) is 0 Å². The number of hydrogen-bond donors (Lipinski definition) is 1. The summed E-state index contributed by atoms with van der Waals surface area (Å²) in [4.78, 5) is 12.6. The summed E-state index contributed by atoms with van der Waals surface area (Å²) in [5, 5.41) is 8.78. The van der Waals surface area contributed by atoms with E-state index in [1.54, 1.807) is 0 Å². The van der Waals surface area contributed by atoms with Crippen LogP contribution in [0.15, 0.2) is 30.3 Å². The first-order valence-corrected chi connectivity index (χ1v) is 4.73. The van der Waals surface area contributed by atoms with Gasteiger partial charge in [-0.25, -0.2) is 0 Å². The molecule has 0 aliphatic carbocycles. The van der Waals surface area contributed by atoms with E-state index in [2.05, 4.69) is 0 Å². The molecule has 0 bridgehead atoms. The van der Waals surface area contributed by atoms with E-state index in [0.717, 1.165) is 0 Å². The summed E-state index contributed by atoms with van der Waals surface area (Å²) in [6, 6.07) is 9.91. The number of carboxylic acid groups (broad SMARTS) is 1. The predicted molar refractivity (Wildman–Crippen MR) is 53.0 cm³/mol. The van der Waals surface area contributed by atoms with E-state index in [1.165, 1.54) is 5.56 Å². The molecule has 1 N–H and O–H groups in total. The van der Waals surface area contributed by atoms with E-state index >= 15 is 0 Å². The highest BCUT2D eigenvalue weighted by Crippen LogP contribution is 2.31. The van der Waals surface area contributed by atoms with Crippen molar-refractivity contribution in [1.82, 2.24) is 4.90 Å². The van der Waals surface area contributed by atoms with Crippen LogP contribution in [0.25, 0.3) is 0 Å². The van der Waals surface area contributed by atoms with E-state index in [9.17, 15) is 4.79 Å². The number of carboxylic acids is 1. The zero-order chi connectivity index (χ0) is 10.1. The monoisotopic (exact) mass is 191 g/mol. The Bertz CT molecular complexity index is 336. The molecule has 3 heteroatoms. The first-order chi connectivity index (χ1) is 6.70. The molecular weight excluding hydrogens is 178 g/mol. The van der Waals surface area contributed by atoms with Crippen molar-refractivity contribution in [2.75, 3.05) is 6.54 Å². The van der Waals surface area contributed by atoms with Crippen LogP contribution < -0.4 is 0 Å². The molecule has 1 heterocycles. The van der Waals surface area contributed by atoms with Crippen molar-refractivity contribution >= 4 is 5.97 Å². The molecule has 0 saturated carbocycles. The molecule has 3 nitrogen and oxygen atoms in total. The summed E-state index contributed by atoms with van der Waals surface area (Å²) in [5.41, 5.74) is 1.18. The van der Waals surface area contributed by atoms with Crippen LogP contribution >= 0.6 is 0 Å². The van der Waals surface area contributed by atoms with Crippen LogP contribution in [0, 0.1) is 0 Å². The normalized spacial score (nSPS) is 26.9. The summed E-state index contributed by atoms with van der Waals surface area (Å²) < 4.78 is 0. The molecule has 14 heavy (non-hydrogen) atoms. The van der Waals surface area contributed by atoms with Gasteiger partial charge in [-0.05, 0) is 12.5 Å². The van der Waals surface area contributed by atoms with Crippen molar-refractivity contribution in [3.05, 3.63) is 35.9 Å². The van der Waals surface area contributed by atoms with Gasteiger partial charge in [-0.3, -0.25) is 9.69 Å². The van der Waals surface area contributed by atoms with Crippen molar-refractivity contribution in [1.29, 1.82) is 0 Å². The third-order valence-electron chi connectivity index (χ3n) is 2.72. The number of benzene rings is 1. The van der Waals surface area contributed by atoms with Crippen molar-refractivity contribution in [2.45, 2.75) is 19.0 Å². The van der Waals surface area contributed by atoms with Gasteiger partial charge < -0.3 is 5.11 Å². The minimum Gasteiger partial charge on any atom is -0.480 e. The molecule has 1 aromatic rings. The Hall–Kier alpha value is -1.35. The second-order valence-electron chi connectivity index (χ2n) is 3.64. The minimum atomic E-state index is -0.715. The summed E-state index contributed by atoms with van der Waals surface area (Å²) in [6.07, 6.45) is 0. The molecule has 74 valence electrons. The maximum atomic E-state index is 10.7. The van der Waals surface area contributed by atoms with Crippen molar-refractivity contribution in [3.8, 4) is 0 Å². The van der Waals surface area contributed by atoms with Gasteiger partial charge in [0.25, 0.3) is 0 Å². The highest BCUT2D eigenvalue weighted by atomic mass is 16.4. The van der Waals surface area contributed by atoms with Crippen LogP contribution in [0.3, 0.4) is 0 Å². The van der Waals surface area contributed by atoms with Crippen molar-refractivity contribution in [3.63, 3.8) is 0 Å². The van der Waals surface area contributed by atoms with Crippen LogP contribution in [-0.4, -0.2) is 28.6 Å². The Kier molecular flexibility index (Phi) is 2.25. The number of aliphatic carboxylic acids is 1. The van der Waals surface area contributed by atoms with Crippen LogP contribution in [0.4, 0.5) is 0 Å². The lowest BCUT2D eigenvalue weighted by atomic mass is 10.1. The Morgan fingerprint density at radius 1 is 1.50 bits per heavy atom. The standard InChI is InChI=1S/C11H13NO2/c1-8(9-5-3-2-4-6-9)12-7-10(12)11(13)14/h2-6,8,10H,7H2,1H3,(H,13,14). The Balaban J connectivity index is 2.05. The number of hydrogen-bond acceptors (Lipinski definition) is 2. The van der Waals surface area contributed by atoms with Crippen molar-refractivity contribution in [2.24, 2.45) is 0 Å². The Labute approximate surface area is 83.0 Å². The first-order valence-electron chi connectivity index (χ1n) is 4.73. The second kappa shape index (κ2) is 3.42. The molecule has 1 aliphatic heterocycles. The molecule has 1 fully saturated rings. The lowest BCUT2D eigenvalue weighted by Crippen LogP contribution is -2.14. The minimum absolute atomic E-state index is 0.206. The molecule has 0 radical (unpaired) electrons. The highest BCUT2D eigenvalue weighted by molar-refractivity contribution is 5.77. The van der Waals surface area contributed by atoms with E-state index in [1.807, 2.05) is 42.2 Å². The van der Waals surface area contributed by atoms with E-state index < -0.39 is 5.97 Å². The van der Waals surface area contributed by atoms with Crippen LogP contribution in [0.1, 0.15) is 18.5 Å². The molecule has 1 aromatic carbocycles. The van der Waals surface area contributed by atoms with Gasteiger partial charge in [-0.15, -0.1) is 0 Å². The highest BCUT2D eigenvalue weighted by Gasteiger charge is 2.43. The summed E-state index contributed by atoms with van der Waals surface area (Å²) in [7, 11) is 0. The first kappa shape index (κ1) is 9.21. The van der Waals surface area contributed by atoms with Gasteiger partial charge in [0.05, 0.1) is 0 Å². The predicted octanol–water partition coefficient (Wildman–Crippen LogP) is 1.52. The second-order valence-corrected chi connectivity index (χ2v) is 3.64. The van der Waals surface area contributed by atoms with Gasteiger partial charge in [0, 0.05) is 12.6 Å². The third-order valence-corrected chi connectivity index (χ3v) is 2.72. The molecule has 0 amide bonds. The molecule has 3 atom stereocenters. The van der Waals surface area contributed by atoms with Crippen LogP contribution in [-0.2, 0) is 4.79 Å². The topological polar surface area (TPSA) is 40.3 Å². The van der Waals surface area contributed by atoms with Gasteiger partial charge in [0.15, 0.2) is 0 Å². The van der Waals surface area contributed by atoms with Gasteiger partial charge in [0.2, 0.25) is 0 Å². The average molecular weight is 191 g/mol. The molecule has 2 rings (SSSR count). The molecular formula is C11H13NO2. The maximum Gasteiger partial charge on any atom is 0.322 e. The summed E-state index contributed by atoms with van der Waals surface area (Å²) >= 11 is 0. The molecule has 1 saturated heterocycles. The molecule has 3 unspecified atom stereocenters.